The van der Waals surface area contributed by atoms with Crippen molar-refractivity contribution in [3.8, 4) is 5.75 Å². The molecule has 1 rings (SSSR count). The van der Waals surface area contributed by atoms with E-state index in [2.05, 4.69) is 59.9 Å². The van der Waals surface area contributed by atoms with E-state index < -0.39 is 0 Å². The lowest BCUT2D eigenvalue weighted by Crippen LogP contribution is -2.40. The van der Waals surface area contributed by atoms with Crippen LogP contribution in [-0.4, -0.2) is 37.6 Å². The number of hydrogen-bond donors (Lipinski definition) is 3. The first-order chi connectivity index (χ1) is 13.0. The molecule has 0 spiro atoms. The van der Waals surface area contributed by atoms with Gasteiger partial charge < -0.3 is 20.7 Å². The normalized spacial score (nSPS) is 12.0. The summed E-state index contributed by atoms with van der Waals surface area (Å²) in [4.78, 5) is 16.5. The van der Waals surface area contributed by atoms with Crippen molar-refractivity contribution in [2.75, 3.05) is 19.7 Å². The molecule has 0 heterocycles. The van der Waals surface area contributed by atoms with Crippen molar-refractivity contribution >= 4 is 35.8 Å². The van der Waals surface area contributed by atoms with Crippen molar-refractivity contribution in [2.24, 2.45) is 4.99 Å². The van der Waals surface area contributed by atoms with Gasteiger partial charge in [0, 0.05) is 31.1 Å². The zero-order chi connectivity index (χ0) is 20.1. The van der Waals surface area contributed by atoms with E-state index in [0.717, 1.165) is 30.7 Å². The van der Waals surface area contributed by atoms with Crippen LogP contribution in [0.25, 0.3) is 0 Å². The lowest BCUT2D eigenvalue weighted by Gasteiger charge is -2.14. The van der Waals surface area contributed by atoms with E-state index in [-0.39, 0.29) is 35.9 Å². The number of hydrogen-bond acceptors (Lipinski definition) is 3. The molecule has 0 fully saturated rings. The second-order valence-electron chi connectivity index (χ2n) is 6.71. The summed E-state index contributed by atoms with van der Waals surface area (Å²) in [7, 11) is 0. The summed E-state index contributed by atoms with van der Waals surface area (Å²) in [6, 6.07) is 6.40. The molecule has 160 valence electrons. The van der Waals surface area contributed by atoms with Gasteiger partial charge >= 0.3 is 0 Å². The van der Waals surface area contributed by atoms with Crippen LogP contribution in [-0.2, 0) is 11.3 Å². The molecule has 3 N–H and O–H groups in total. The van der Waals surface area contributed by atoms with E-state index in [1.54, 1.807) is 0 Å². The Bertz CT molecular complexity index is 608. The SMILES string of the molecule is CCCOc1cc(C)ccc1CN=C(NCC)NCCC(=O)NC(C)CC.I. The maximum atomic E-state index is 11.9. The Balaban J connectivity index is 0.00000729. The van der Waals surface area contributed by atoms with Gasteiger partial charge in [0.2, 0.25) is 5.91 Å². The highest BCUT2D eigenvalue weighted by Gasteiger charge is 2.07. The third-order valence-corrected chi connectivity index (χ3v) is 4.10. The van der Waals surface area contributed by atoms with Crippen LogP contribution in [0.3, 0.4) is 0 Å². The van der Waals surface area contributed by atoms with Gasteiger partial charge in [-0.1, -0.05) is 26.0 Å². The summed E-state index contributed by atoms with van der Waals surface area (Å²) < 4.78 is 5.86. The van der Waals surface area contributed by atoms with Crippen molar-refractivity contribution in [1.29, 1.82) is 0 Å². The number of aliphatic imine (C=N–C) groups is 1. The van der Waals surface area contributed by atoms with Gasteiger partial charge in [0.25, 0.3) is 0 Å². The van der Waals surface area contributed by atoms with Gasteiger partial charge in [0.05, 0.1) is 13.2 Å². The smallest absolute Gasteiger partial charge is 0.221 e. The van der Waals surface area contributed by atoms with E-state index in [9.17, 15) is 4.79 Å². The molecule has 1 aromatic carbocycles. The van der Waals surface area contributed by atoms with E-state index in [4.69, 9.17) is 4.74 Å². The van der Waals surface area contributed by atoms with Crippen LogP contribution in [0, 0.1) is 6.92 Å². The van der Waals surface area contributed by atoms with Crippen molar-refractivity contribution in [1.82, 2.24) is 16.0 Å². The van der Waals surface area contributed by atoms with Gasteiger partial charge in [-0.05, 0) is 45.2 Å². The van der Waals surface area contributed by atoms with Gasteiger partial charge in [0.1, 0.15) is 5.75 Å². The van der Waals surface area contributed by atoms with Crippen molar-refractivity contribution in [3.63, 3.8) is 0 Å². The molecule has 0 saturated carbocycles. The first kappa shape index (κ1) is 26.5. The Kier molecular flexibility index (Phi) is 14.6. The number of benzene rings is 1. The highest BCUT2D eigenvalue weighted by atomic mass is 127. The van der Waals surface area contributed by atoms with Gasteiger partial charge in [-0.2, -0.15) is 0 Å². The van der Waals surface area contributed by atoms with Crippen molar-refractivity contribution < 1.29 is 9.53 Å². The molecule has 6 nitrogen and oxygen atoms in total. The fourth-order valence-corrected chi connectivity index (χ4v) is 2.39. The minimum Gasteiger partial charge on any atom is -0.493 e. The quantitative estimate of drug-likeness (QED) is 0.244. The molecule has 7 heteroatoms. The van der Waals surface area contributed by atoms with Crippen molar-refractivity contribution in [3.05, 3.63) is 29.3 Å². The molecule has 0 aromatic heterocycles. The largest absolute Gasteiger partial charge is 0.493 e. The molecule has 1 unspecified atom stereocenters. The number of carbonyl (C=O) groups excluding carboxylic acids is 1. The number of halogens is 1. The van der Waals surface area contributed by atoms with E-state index in [0.29, 0.717) is 32.1 Å². The molecular weight excluding hydrogens is 467 g/mol. The number of amides is 1. The zero-order valence-electron chi connectivity index (χ0n) is 17.9. The molecule has 0 aliphatic carbocycles. The van der Waals surface area contributed by atoms with Crippen LogP contribution in [0.4, 0.5) is 0 Å². The Morgan fingerprint density at radius 1 is 1.21 bits per heavy atom. The predicted molar refractivity (Wildman–Crippen MR) is 128 cm³/mol. The van der Waals surface area contributed by atoms with Crippen LogP contribution in [0.1, 0.15) is 58.1 Å². The van der Waals surface area contributed by atoms with Crippen LogP contribution >= 0.6 is 24.0 Å². The van der Waals surface area contributed by atoms with Crippen LogP contribution in [0.15, 0.2) is 23.2 Å². The summed E-state index contributed by atoms with van der Waals surface area (Å²) in [5.41, 5.74) is 2.23. The Morgan fingerprint density at radius 3 is 2.61 bits per heavy atom. The molecule has 0 bridgehead atoms. The molecular formula is C21H37IN4O2. The van der Waals surface area contributed by atoms with Gasteiger partial charge in [-0.3, -0.25) is 4.79 Å². The lowest BCUT2D eigenvalue weighted by atomic mass is 10.1. The number of nitrogens with zero attached hydrogens (tertiary/aromatic N) is 1. The average Bonchev–Trinajstić information content (AvgIpc) is 2.65. The zero-order valence-corrected chi connectivity index (χ0v) is 20.3. The highest BCUT2D eigenvalue weighted by molar-refractivity contribution is 14.0. The second-order valence-corrected chi connectivity index (χ2v) is 6.71. The molecule has 0 radical (unpaired) electrons. The predicted octanol–water partition coefficient (Wildman–Crippen LogP) is 3.76. The van der Waals surface area contributed by atoms with E-state index in [1.165, 1.54) is 5.56 Å². The number of ether oxygens (including phenoxy) is 1. The number of guanidine groups is 1. The Morgan fingerprint density at radius 2 is 1.96 bits per heavy atom. The molecule has 0 aliphatic heterocycles. The monoisotopic (exact) mass is 504 g/mol. The van der Waals surface area contributed by atoms with E-state index >= 15 is 0 Å². The van der Waals surface area contributed by atoms with Gasteiger partial charge in [-0.15, -0.1) is 24.0 Å². The first-order valence-electron chi connectivity index (χ1n) is 10.0. The topological polar surface area (TPSA) is 74.8 Å². The summed E-state index contributed by atoms with van der Waals surface area (Å²) in [5.74, 6) is 1.65. The summed E-state index contributed by atoms with van der Waals surface area (Å²) in [5, 5.41) is 9.41. The molecule has 1 aromatic rings. The third-order valence-electron chi connectivity index (χ3n) is 4.10. The number of rotatable bonds is 11. The van der Waals surface area contributed by atoms with Crippen LogP contribution < -0.4 is 20.7 Å². The third kappa shape index (κ3) is 10.7. The van der Waals surface area contributed by atoms with E-state index in [1.807, 2.05) is 13.8 Å². The number of nitrogens with one attached hydrogen (secondary N) is 3. The fraction of sp³-hybridized carbons (Fsp3) is 0.619. The summed E-state index contributed by atoms with van der Waals surface area (Å²) >= 11 is 0. The minimum absolute atomic E-state index is 0. The average molecular weight is 504 g/mol. The molecule has 28 heavy (non-hydrogen) atoms. The van der Waals surface area contributed by atoms with Crippen LogP contribution in [0.2, 0.25) is 0 Å². The molecule has 0 aliphatic rings. The standard InChI is InChI=1S/C21H36N4O2.HI/c1-6-13-27-19-14-16(4)9-10-18(19)15-24-21(22-8-3)23-12-11-20(26)25-17(5)7-2;/h9-10,14,17H,6-8,11-13,15H2,1-5H3,(H,25,26)(H2,22,23,24);1H. The highest BCUT2D eigenvalue weighted by Crippen LogP contribution is 2.21. The Hall–Kier alpha value is -1.51. The Labute approximate surface area is 187 Å². The molecule has 1 atom stereocenters. The number of carbonyl (C=O) groups is 1. The second kappa shape index (κ2) is 15.4. The van der Waals surface area contributed by atoms with Gasteiger partial charge in [-0.25, -0.2) is 4.99 Å². The summed E-state index contributed by atoms with van der Waals surface area (Å²) in [6.45, 7) is 12.8. The molecule has 0 saturated heterocycles. The maximum absolute atomic E-state index is 11.9. The first-order valence-corrected chi connectivity index (χ1v) is 10.0. The number of aryl methyl sites for hydroxylation is 1. The maximum Gasteiger partial charge on any atom is 0.221 e. The minimum atomic E-state index is 0. The lowest BCUT2D eigenvalue weighted by molar-refractivity contribution is -0.121. The fourth-order valence-electron chi connectivity index (χ4n) is 2.39. The van der Waals surface area contributed by atoms with Gasteiger partial charge in [0.15, 0.2) is 5.96 Å². The van der Waals surface area contributed by atoms with Crippen molar-refractivity contribution in [2.45, 2.75) is 66.5 Å². The summed E-state index contributed by atoms with van der Waals surface area (Å²) in [6.07, 6.45) is 2.33. The molecule has 1 amide bonds. The van der Waals surface area contributed by atoms with Crippen LogP contribution in [0.5, 0.6) is 5.75 Å².